The molecule has 0 fully saturated rings. The Bertz CT molecular complexity index is 1810. The number of nitrogens with zero attached hydrogens (tertiary/aromatic N) is 2. The summed E-state index contributed by atoms with van der Waals surface area (Å²) >= 11 is 12.6. The minimum absolute atomic E-state index is 0.0333. The number of carbonyl (C=O) groups is 2. The highest BCUT2D eigenvalue weighted by Gasteiger charge is 2.36. The molecular formula is C36H39Cl2N3O6S. The van der Waals surface area contributed by atoms with E-state index >= 15 is 0 Å². The van der Waals surface area contributed by atoms with Crippen molar-refractivity contribution in [2.75, 3.05) is 25.1 Å². The van der Waals surface area contributed by atoms with Gasteiger partial charge >= 0.3 is 0 Å². The van der Waals surface area contributed by atoms with Gasteiger partial charge in [-0.25, -0.2) is 8.42 Å². The number of sulfonamides is 1. The van der Waals surface area contributed by atoms with Gasteiger partial charge in [-0.1, -0.05) is 84.7 Å². The average Bonchev–Trinajstić information content (AvgIpc) is 3.10. The molecule has 0 spiro atoms. The molecule has 0 saturated heterocycles. The first-order chi connectivity index (χ1) is 23.0. The molecule has 2 atom stereocenters. The number of ether oxygens (including phenoxy) is 2. The number of carbonyl (C=O) groups excluding carboxylic acids is 2. The number of amides is 2. The molecule has 4 rings (SSSR count). The van der Waals surface area contributed by atoms with Crippen molar-refractivity contribution < 1.29 is 27.5 Å². The molecule has 0 saturated carbocycles. The summed E-state index contributed by atoms with van der Waals surface area (Å²) in [4.78, 5) is 30.1. The second kappa shape index (κ2) is 16.7. The van der Waals surface area contributed by atoms with Crippen molar-refractivity contribution >= 4 is 50.7 Å². The van der Waals surface area contributed by atoms with Crippen molar-refractivity contribution in [3.05, 3.63) is 118 Å². The summed E-state index contributed by atoms with van der Waals surface area (Å²) in [6.45, 7) is 3.11. The van der Waals surface area contributed by atoms with E-state index in [9.17, 15) is 18.0 Å². The molecule has 1 N–H and O–H groups in total. The molecule has 254 valence electrons. The average molecular weight is 713 g/mol. The number of hydrogen-bond donors (Lipinski definition) is 1. The molecule has 0 aliphatic heterocycles. The van der Waals surface area contributed by atoms with Gasteiger partial charge in [0.15, 0.2) is 0 Å². The van der Waals surface area contributed by atoms with Crippen LogP contribution in [0.5, 0.6) is 11.5 Å². The molecule has 0 aliphatic carbocycles. The van der Waals surface area contributed by atoms with Crippen molar-refractivity contribution in [2.24, 2.45) is 0 Å². The van der Waals surface area contributed by atoms with Crippen molar-refractivity contribution in [1.82, 2.24) is 10.2 Å². The van der Waals surface area contributed by atoms with Gasteiger partial charge in [-0.15, -0.1) is 0 Å². The van der Waals surface area contributed by atoms with Crippen molar-refractivity contribution in [1.29, 1.82) is 0 Å². The maximum absolute atomic E-state index is 14.7. The van der Waals surface area contributed by atoms with Crippen LogP contribution in [0, 0.1) is 0 Å². The van der Waals surface area contributed by atoms with Crippen LogP contribution >= 0.6 is 23.2 Å². The van der Waals surface area contributed by atoms with E-state index < -0.39 is 28.5 Å². The number of hydrogen-bond acceptors (Lipinski definition) is 6. The molecule has 0 heterocycles. The molecule has 4 aromatic rings. The third-order valence-electron chi connectivity index (χ3n) is 7.87. The topological polar surface area (TPSA) is 105 Å². The number of halogens is 2. The SMILES string of the molecule is CC[C@H](C)NC(=O)[C@@H](Cc1ccccc1)N(Cc1ccc(Cl)c(Cl)c1)C(=O)CN(c1cc(OC)ccc1OC)S(=O)(=O)c1ccccc1. The Morgan fingerprint density at radius 3 is 2.10 bits per heavy atom. The zero-order chi connectivity index (χ0) is 34.8. The van der Waals surface area contributed by atoms with Crippen LogP contribution in [0.15, 0.2) is 102 Å². The van der Waals surface area contributed by atoms with E-state index in [1.54, 1.807) is 48.5 Å². The van der Waals surface area contributed by atoms with Crippen molar-refractivity contribution in [2.45, 2.75) is 50.2 Å². The van der Waals surface area contributed by atoms with Crippen LogP contribution < -0.4 is 19.1 Å². The predicted octanol–water partition coefficient (Wildman–Crippen LogP) is 6.76. The van der Waals surface area contributed by atoms with Crippen LogP contribution in [0.3, 0.4) is 0 Å². The quantitative estimate of drug-likeness (QED) is 0.146. The molecule has 2 amide bonds. The van der Waals surface area contributed by atoms with Gasteiger partial charge in [0.05, 0.1) is 34.8 Å². The first-order valence-electron chi connectivity index (χ1n) is 15.4. The number of benzene rings is 4. The smallest absolute Gasteiger partial charge is 0.264 e. The van der Waals surface area contributed by atoms with E-state index in [-0.39, 0.29) is 46.3 Å². The lowest BCUT2D eigenvalue weighted by Crippen LogP contribution is -2.54. The van der Waals surface area contributed by atoms with Crippen LogP contribution in [-0.2, 0) is 32.6 Å². The Kier molecular flexibility index (Phi) is 12.7. The highest BCUT2D eigenvalue weighted by Crippen LogP contribution is 2.36. The lowest BCUT2D eigenvalue weighted by Gasteiger charge is -2.34. The monoisotopic (exact) mass is 711 g/mol. The predicted molar refractivity (Wildman–Crippen MR) is 189 cm³/mol. The molecule has 0 aromatic heterocycles. The van der Waals surface area contributed by atoms with Gasteiger partial charge < -0.3 is 19.7 Å². The zero-order valence-electron chi connectivity index (χ0n) is 27.2. The van der Waals surface area contributed by atoms with Crippen LogP contribution in [0.1, 0.15) is 31.4 Å². The van der Waals surface area contributed by atoms with Gasteiger partial charge in [0.1, 0.15) is 24.1 Å². The van der Waals surface area contributed by atoms with Gasteiger partial charge in [-0.2, -0.15) is 0 Å². The minimum atomic E-state index is -4.34. The highest BCUT2D eigenvalue weighted by molar-refractivity contribution is 7.92. The van der Waals surface area contributed by atoms with Gasteiger partial charge in [-0.05, 0) is 60.9 Å². The Labute approximate surface area is 292 Å². The first-order valence-corrected chi connectivity index (χ1v) is 17.6. The van der Waals surface area contributed by atoms with Crippen LogP contribution in [-0.4, -0.2) is 58.0 Å². The number of methoxy groups -OCH3 is 2. The van der Waals surface area contributed by atoms with Crippen LogP contribution in [0.2, 0.25) is 10.0 Å². The van der Waals surface area contributed by atoms with Crippen molar-refractivity contribution in [3.63, 3.8) is 0 Å². The Hall–Kier alpha value is -4.25. The normalized spacial score (nSPS) is 12.5. The Morgan fingerprint density at radius 2 is 1.50 bits per heavy atom. The fourth-order valence-corrected chi connectivity index (χ4v) is 6.81. The Balaban J connectivity index is 1.88. The maximum Gasteiger partial charge on any atom is 0.264 e. The molecule has 0 bridgehead atoms. The third kappa shape index (κ3) is 9.00. The number of anilines is 1. The van der Waals surface area contributed by atoms with Crippen molar-refractivity contribution in [3.8, 4) is 11.5 Å². The minimum Gasteiger partial charge on any atom is -0.497 e. The van der Waals surface area contributed by atoms with E-state index in [0.717, 1.165) is 9.87 Å². The standard InChI is InChI=1S/C36H39Cl2N3O6S/c1-5-25(2)39-36(43)33(21-26-12-8-6-9-13-26)40(23-27-16-18-30(37)31(38)20-27)35(42)24-41(48(44,45)29-14-10-7-11-15-29)32-22-28(46-3)17-19-34(32)47-4/h6-20,22,25,33H,5,21,23-24H2,1-4H3,(H,39,43)/t25-,33+/m0/s1. The number of nitrogens with one attached hydrogen (secondary N) is 1. The van der Waals surface area contributed by atoms with Gasteiger partial charge in [-0.3, -0.25) is 13.9 Å². The van der Waals surface area contributed by atoms with E-state index in [2.05, 4.69) is 5.32 Å². The summed E-state index contributed by atoms with van der Waals surface area (Å²) in [5.41, 5.74) is 1.51. The summed E-state index contributed by atoms with van der Waals surface area (Å²) in [6.07, 6.45) is 0.841. The zero-order valence-corrected chi connectivity index (χ0v) is 29.6. The highest BCUT2D eigenvalue weighted by atomic mass is 35.5. The molecule has 0 radical (unpaired) electrons. The second-order valence-corrected chi connectivity index (χ2v) is 13.8. The molecule has 12 heteroatoms. The first kappa shape index (κ1) is 36.6. The Morgan fingerprint density at radius 1 is 0.833 bits per heavy atom. The lowest BCUT2D eigenvalue weighted by molar-refractivity contribution is -0.140. The maximum atomic E-state index is 14.7. The van der Waals surface area contributed by atoms with E-state index in [0.29, 0.717) is 22.8 Å². The summed E-state index contributed by atoms with van der Waals surface area (Å²) in [5.74, 6) is -0.452. The molecule has 9 nitrogen and oxygen atoms in total. The lowest BCUT2D eigenvalue weighted by atomic mass is 10.0. The molecule has 0 unspecified atom stereocenters. The van der Waals surface area contributed by atoms with E-state index in [1.165, 1.54) is 37.3 Å². The molecule has 4 aromatic carbocycles. The fraction of sp³-hybridized carbons (Fsp3) is 0.278. The largest absolute Gasteiger partial charge is 0.497 e. The molecular weight excluding hydrogens is 673 g/mol. The summed E-state index contributed by atoms with van der Waals surface area (Å²) in [7, 11) is -1.48. The van der Waals surface area contributed by atoms with Gasteiger partial charge in [0.2, 0.25) is 11.8 Å². The summed E-state index contributed by atoms with van der Waals surface area (Å²) < 4.78 is 40.6. The molecule has 48 heavy (non-hydrogen) atoms. The van der Waals surface area contributed by atoms with Gasteiger partial charge in [0.25, 0.3) is 10.0 Å². The van der Waals surface area contributed by atoms with E-state index in [4.69, 9.17) is 32.7 Å². The third-order valence-corrected chi connectivity index (χ3v) is 10.4. The van der Waals surface area contributed by atoms with Gasteiger partial charge in [0, 0.05) is 25.1 Å². The summed E-state index contributed by atoms with van der Waals surface area (Å²) in [5, 5.41) is 3.63. The summed E-state index contributed by atoms with van der Waals surface area (Å²) in [6, 6.07) is 25.6. The van der Waals surface area contributed by atoms with E-state index in [1.807, 2.05) is 44.2 Å². The number of rotatable bonds is 15. The second-order valence-electron chi connectivity index (χ2n) is 11.2. The fourth-order valence-electron chi connectivity index (χ4n) is 5.05. The van der Waals surface area contributed by atoms with Crippen LogP contribution in [0.4, 0.5) is 5.69 Å². The molecule has 0 aliphatic rings. The van der Waals surface area contributed by atoms with Crippen LogP contribution in [0.25, 0.3) is 0 Å².